The molecule has 5 atom stereocenters. The zero-order chi connectivity index (χ0) is 34.9. The Bertz CT molecular complexity index is 1610. The molecular weight excluding hydrogens is 618 g/mol. The van der Waals surface area contributed by atoms with Crippen LogP contribution in [0.25, 0.3) is 6.08 Å². The second-order valence-corrected chi connectivity index (χ2v) is 13.3. The van der Waals surface area contributed by atoms with Crippen LogP contribution in [0.1, 0.15) is 43.4 Å². The topological polar surface area (TPSA) is 120 Å². The molecule has 0 aliphatic carbocycles. The van der Waals surface area contributed by atoms with Crippen LogP contribution in [0.2, 0.25) is 0 Å². The van der Waals surface area contributed by atoms with Gasteiger partial charge in [-0.3, -0.25) is 24.1 Å². The monoisotopic (exact) mass is 665 g/mol. The molecule has 0 spiro atoms. The van der Waals surface area contributed by atoms with Crippen LogP contribution >= 0.6 is 0 Å². The first-order valence-electron chi connectivity index (χ1n) is 17.0. The van der Waals surface area contributed by atoms with Gasteiger partial charge in [-0.15, -0.1) is 0 Å². The molecule has 5 unspecified atom stereocenters. The first-order valence-corrected chi connectivity index (χ1v) is 17.0. The summed E-state index contributed by atoms with van der Waals surface area (Å²) in [7, 11) is 3.73. The average molecular weight is 666 g/mol. The SMILES string of the molecule is CC(C)C1Oc2ccc(cc2)/C=C\NC(=O)C(Cc2ccccc2)NC(=O)C1NC(=O)C1CCCN1C(=O)C(Cc1ccccc1)N(C)C. The van der Waals surface area contributed by atoms with Crippen LogP contribution in [-0.4, -0.2) is 84.3 Å². The number of ether oxygens (including phenoxy) is 1. The first-order chi connectivity index (χ1) is 23.6. The molecule has 0 radical (unpaired) electrons. The fraction of sp³-hybridized carbons (Fsp3) is 0.385. The summed E-state index contributed by atoms with van der Waals surface area (Å²) in [6, 6.07) is 23.2. The highest BCUT2D eigenvalue weighted by atomic mass is 16.5. The lowest BCUT2D eigenvalue weighted by Gasteiger charge is -2.35. The third-order valence-electron chi connectivity index (χ3n) is 9.15. The minimum absolute atomic E-state index is 0.133. The highest BCUT2D eigenvalue weighted by molar-refractivity contribution is 5.95. The number of hydrogen-bond acceptors (Lipinski definition) is 6. The second-order valence-electron chi connectivity index (χ2n) is 13.3. The smallest absolute Gasteiger partial charge is 0.247 e. The second kappa shape index (κ2) is 16.4. The molecule has 0 saturated carbocycles. The van der Waals surface area contributed by atoms with Gasteiger partial charge in [-0.1, -0.05) is 86.6 Å². The van der Waals surface area contributed by atoms with Crippen LogP contribution < -0.4 is 20.7 Å². The maximum Gasteiger partial charge on any atom is 0.247 e. The number of benzene rings is 3. The Morgan fingerprint density at radius 2 is 1.57 bits per heavy atom. The molecular formula is C39H47N5O5. The molecule has 1 fully saturated rings. The van der Waals surface area contributed by atoms with Crippen molar-refractivity contribution in [2.24, 2.45) is 5.92 Å². The minimum atomic E-state index is -1.16. The fourth-order valence-corrected chi connectivity index (χ4v) is 6.41. The molecule has 3 aromatic carbocycles. The van der Waals surface area contributed by atoms with Gasteiger partial charge in [0.2, 0.25) is 23.6 Å². The van der Waals surface area contributed by atoms with Crippen LogP contribution in [-0.2, 0) is 32.0 Å². The lowest BCUT2D eigenvalue weighted by molar-refractivity contribution is -0.143. The Morgan fingerprint density at radius 3 is 2.20 bits per heavy atom. The van der Waals surface area contributed by atoms with E-state index >= 15 is 0 Å². The van der Waals surface area contributed by atoms with Crippen molar-refractivity contribution < 1.29 is 23.9 Å². The van der Waals surface area contributed by atoms with Gasteiger partial charge in [0.05, 0.1) is 6.04 Å². The molecule has 3 N–H and O–H groups in total. The third kappa shape index (κ3) is 9.14. The molecule has 0 aromatic heterocycles. The molecule has 258 valence electrons. The highest BCUT2D eigenvalue weighted by Crippen LogP contribution is 2.24. The quantitative estimate of drug-likeness (QED) is 0.322. The largest absolute Gasteiger partial charge is 0.487 e. The lowest BCUT2D eigenvalue weighted by atomic mass is 9.96. The van der Waals surface area contributed by atoms with E-state index in [1.54, 1.807) is 29.3 Å². The number of likely N-dealkylation sites (N-methyl/N-ethyl adjacent to an activating group) is 1. The zero-order valence-electron chi connectivity index (χ0n) is 28.7. The summed E-state index contributed by atoms with van der Waals surface area (Å²) in [5.41, 5.74) is 2.75. The van der Waals surface area contributed by atoms with E-state index in [4.69, 9.17) is 4.74 Å². The molecule has 1 saturated heterocycles. The van der Waals surface area contributed by atoms with Crippen LogP contribution in [0.5, 0.6) is 5.75 Å². The molecule has 2 bridgehead atoms. The molecule has 49 heavy (non-hydrogen) atoms. The standard InChI is InChI=1S/C39H47N5O5/c1-26(2)35-34(42-37(46)32-16-11-23-44(32)39(48)33(43(3)4)25-29-14-9-6-10-15-29)38(47)41-31(24-28-12-7-5-8-13-28)36(45)40-22-21-27-17-19-30(49-35)20-18-27/h5-10,12-15,17-22,26,31-35H,11,16,23-25H2,1-4H3,(H,40,45)(H,41,47)(H,42,46)/b22-21-. The van der Waals surface area contributed by atoms with Gasteiger partial charge in [-0.05, 0) is 74.2 Å². The molecule has 3 aliphatic rings. The van der Waals surface area contributed by atoms with Crippen LogP contribution in [0.15, 0.2) is 91.1 Å². The summed E-state index contributed by atoms with van der Waals surface area (Å²) in [5, 5.41) is 8.71. The Balaban J connectivity index is 1.43. The Morgan fingerprint density at radius 1 is 0.918 bits per heavy atom. The fourth-order valence-electron chi connectivity index (χ4n) is 6.41. The molecule has 6 rings (SSSR count). The molecule has 3 aliphatic heterocycles. The highest BCUT2D eigenvalue weighted by Gasteiger charge is 2.42. The Kier molecular flexibility index (Phi) is 11.9. The van der Waals surface area contributed by atoms with E-state index in [0.29, 0.717) is 31.6 Å². The Labute approximate surface area is 288 Å². The number of rotatable bonds is 9. The van der Waals surface area contributed by atoms with E-state index in [9.17, 15) is 19.2 Å². The number of nitrogens with one attached hydrogen (secondary N) is 3. The molecule has 10 nitrogen and oxygen atoms in total. The van der Waals surface area contributed by atoms with E-state index in [0.717, 1.165) is 16.7 Å². The van der Waals surface area contributed by atoms with Crippen molar-refractivity contribution in [3.05, 3.63) is 108 Å². The first kappa shape index (κ1) is 35.3. The molecule has 10 heteroatoms. The number of amides is 4. The predicted molar refractivity (Wildman–Crippen MR) is 189 cm³/mol. The van der Waals surface area contributed by atoms with Crippen LogP contribution in [0.4, 0.5) is 0 Å². The van der Waals surface area contributed by atoms with E-state index in [2.05, 4.69) is 16.0 Å². The van der Waals surface area contributed by atoms with Gasteiger partial charge in [0.15, 0.2) is 0 Å². The van der Waals surface area contributed by atoms with Crippen molar-refractivity contribution in [1.29, 1.82) is 0 Å². The summed E-state index contributed by atoms with van der Waals surface area (Å²) in [5.74, 6) is -1.18. The van der Waals surface area contributed by atoms with Gasteiger partial charge in [0.1, 0.15) is 30.0 Å². The molecule has 3 heterocycles. The maximum atomic E-state index is 14.3. The van der Waals surface area contributed by atoms with Gasteiger partial charge < -0.3 is 25.6 Å². The number of nitrogens with zero attached hydrogens (tertiary/aromatic N) is 2. The number of carbonyl (C=O) groups excluding carboxylic acids is 4. The normalized spacial score (nSPS) is 22.5. The van der Waals surface area contributed by atoms with Crippen LogP contribution in [0.3, 0.4) is 0 Å². The van der Waals surface area contributed by atoms with Crippen molar-refractivity contribution in [2.75, 3.05) is 20.6 Å². The van der Waals surface area contributed by atoms with E-state index in [1.807, 2.05) is 106 Å². The van der Waals surface area contributed by atoms with Crippen molar-refractivity contribution in [3.8, 4) is 5.75 Å². The van der Waals surface area contributed by atoms with Crippen molar-refractivity contribution in [3.63, 3.8) is 0 Å². The number of hydrogen-bond donors (Lipinski definition) is 3. The number of carbonyl (C=O) groups is 4. The number of fused-ring (bicyclic) bond motifs is 10. The summed E-state index contributed by atoms with van der Waals surface area (Å²) < 4.78 is 6.42. The van der Waals surface area contributed by atoms with Gasteiger partial charge in [-0.25, -0.2) is 0 Å². The van der Waals surface area contributed by atoms with E-state index < -0.39 is 48.0 Å². The summed E-state index contributed by atoms with van der Waals surface area (Å²) in [4.78, 5) is 59.5. The third-order valence-corrected chi connectivity index (χ3v) is 9.15. The van der Waals surface area contributed by atoms with Crippen molar-refractivity contribution in [1.82, 2.24) is 25.8 Å². The zero-order valence-corrected chi connectivity index (χ0v) is 28.7. The maximum absolute atomic E-state index is 14.3. The van der Waals surface area contributed by atoms with E-state index in [-0.39, 0.29) is 18.2 Å². The predicted octanol–water partition coefficient (Wildman–Crippen LogP) is 3.57. The molecule has 3 aromatic rings. The summed E-state index contributed by atoms with van der Waals surface area (Å²) in [6.45, 7) is 4.28. The average Bonchev–Trinajstić information content (AvgIpc) is 3.59. The van der Waals surface area contributed by atoms with Gasteiger partial charge in [-0.2, -0.15) is 0 Å². The molecule has 4 amide bonds. The summed E-state index contributed by atoms with van der Waals surface area (Å²) >= 11 is 0. The minimum Gasteiger partial charge on any atom is -0.487 e. The van der Waals surface area contributed by atoms with Gasteiger partial charge in [0, 0.05) is 19.2 Å². The number of likely N-dealkylation sites (tertiary alicyclic amines) is 1. The Hall–Kier alpha value is -4.96. The lowest BCUT2D eigenvalue weighted by Crippen LogP contribution is -2.62. The van der Waals surface area contributed by atoms with Gasteiger partial charge >= 0.3 is 0 Å². The van der Waals surface area contributed by atoms with Gasteiger partial charge in [0.25, 0.3) is 0 Å². The van der Waals surface area contributed by atoms with Crippen molar-refractivity contribution >= 4 is 29.7 Å². The summed E-state index contributed by atoms with van der Waals surface area (Å²) in [6.07, 6.45) is 4.41. The van der Waals surface area contributed by atoms with Crippen molar-refractivity contribution in [2.45, 2.75) is 69.8 Å². The van der Waals surface area contributed by atoms with Crippen LogP contribution in [0, 0.1) is 5.92 Å². The van der Waals surface area contributed by atoms with E-state index in [1.165, 1.54) is 0 Å².